The van der Waals surface area contributed by atoms with Crippen LogP contribution < -0.4 is 11.1 Å². The topological polar surface area (TPSA) is 91.5 Å². The zero-order valence-electron chi connectivity index (χ0n) is 5.87. The van der Waals surface area contributed by atoms with Gasteiger partial charge in [-0.2, -0.15) is 0 Å². The zero-order chi connectivity index (χ0) is 8.55. The molecule has 0 spiro atoms. The second-order valence-electron chi connectivity index (χ2n) is 2.18. The van der Waals surface area contributed by atoms with Crippen molar-refractivity contribution in [1.29, 1.82) is 0 Å². The molecule has 2 heterocycles. The van der Waals surface area contributed by atoms with Crippen LogP contribution in [0.4, 0.5) is 0 Å². The van der Waals surface area contributed by atoms with Crippen LogP contribution in [0.15, 0.2) is 22.1 Å². The molecule has 0 saturated heterocycles. The Morgan fingerprint density at radius 3 is 2.92 bits per heavy atom. The van der Waals surface area contributed by atoms with Gasteiger partial charge in [0.25, 0.3) is 11.1 Å². The van der Waals surface area contributed by atoms with Gasteiger partial charge in [0, 0.05) is 0 Å². The van der Waals surface area contributed by atoms with Crippen LogP contribution in [0, 0.1) is 0 Å². The SMILES string of the molecule is O=c1cnc(=O)c2[nH]cnc2[nH]1. The molecular formula is C6H4N4O2. The molecule has 0 saturated carbocycles. The molecule has 0 aromatic carbocycles. The second-order valence-corrected chi connectivity index (χ2v) is 2.18. The molecule has 0 amide bonds. The van der Waals surface area contributed by atoms with Gasteiger partial charge in [-0.15, -0.1) is 0 Å². The molecule has 6 nitrogen and oxygen atoms in total. The standard InChI is InChI=1S/C6H4N4O2/c11-3-1-7-6(12)4-5(10-3)9-2-8-4/h1-2H,(H,8,9)(H,10,11). The number of imidazole rings is 1. The highest BCUT2D eigenvalue weighted by molar-refractivity contribution is 5.67. The van der Waals surface area contributed by atoms with Gasteiger partial charge in [0.15, 0.2) is 11.2 Å². The fraction of sp³-hybridized carbons (Fsp3) is 0. The lowest BCUT2D eigenvalue weighted by molar-refractivity contribution is 1.19. The van der Waals surface area contributed by atoms with E-state index in [0.29, 0.717) is 0 Å². The smallest absolute Gasteiger partial charge is 0.297 e. The van der Waals surface area contributed by atoms with Gasteiger partial charge >= 0.3 is 0 Å². The summed E-state index contributed by atoms with van der Waals surface area (Å²) in [6, 6.07) is 0. The van der Waals surface area contributed by atoms with Crippen LogP contribution in [-0.4, -0.2) is 19.9 Å². The average Bonchev–Trinajstić information content (AvgIpc) is 2.44. The van der Waals surface area contributed by atoms with Gasteiger partial charge in [-0.3, -0.25) is 9.59 Å². The summed E-state index contributed by atoms with van der Waals surface area (Å²) in [5, 5.41) is 0. The number of nitrogens with one attached hydrogen (secondary N) is 2. The molecule has 60 valence electrons. The fourth-order valence-corrected chi connectivity index (χ4v) is 0.883. The lowest BCUT2D eigenvalue weighted by atomic mass is 10.6. The molecule has 0 aliphatic heterocycles. The Bertz CT molecular complexity index is 527. The molecule has 2 aromatic heterocycles. The van der Waals surface area contributed by atoms with Crippen molar-refractivity contribution in [1.82, 2.24) is 19.9 Å². The molecule has 2 aromatic rings. The summed E-state index contributed by atoms with van der Waals surface area (Å²) in [7, 11) is 0. The quantitative estimate of drug-likeness (QED) is 0.522. The molecule has 0 fully saturated rings. The van der Waals surface area contributed by atoms with E-state index in [4.69, 9.17) is 0 Å². The largest absolute Gasteiger partial charge is 0.339 e. The van der Waals surface area contributed by atoms with E-state index >= 15 is 0 Å². The van der Waals surface area contributed by atoms with Crippen LogP contribution in [0.5, 0.6) is 0 Å². The minimum absolute atomic E-state index is 0.206. The van der Waals surface area contributed by atoms with E-state index in [1.807, 2.05) is 0 Å². The highest BCUT2D eigenvalue weighted by Gasteiger charge is 1.98. The van der Waals surface area contributed by atoms with Crippen LogP contribution >= 0.6 is 0 Å². The molecule has 12 heavy (non-hydrogen) atoms. The molecule has 0 aliphatic rings. The van der Waals surface area contributed by atoms with Crippen LogP contribution in [0.3, 0.4) is 0 Å². The van der Waals surface area contributed by atoms with E-state index in [-0.39, 0.29) is 11.2 Å². The van der Waals surface area contributed by atoms with Crippen molar-refractivity contribution in [3.63, 3.8) is 0 Å². The first-order valence-corrected chi connectivity index (χ1v) is 3.20. The number of aromatic nitrogens is 4. The summed E-state index contributed by atoms with van der Waals surface area (Å²) in [4.78, 5) is 33.9. The lowest BCUT2D eigenvalue weighted by Gasteiger charge is -1.72. The van der Waals surface area contributed by atoms with Crippen molar-refractivity contribution in [2.24, 2.45) is 0 Å². The molecule has 0 bridgehead atoms. The Morgan fingerprint density at radius 2 is 2.08 bits per heavy atom. The zero-order valence-corrected chi connectivity index (χ0v) is 5.87. The van der Waals surface area contributed by atoms with Gasteiger partial charge in [-0.05, 0) is 0 Å². The Balaban J connectivity index is 3.15. The van der Waals surface area contributed by atoms with Crippen molar-refractivity contribution in [3.05, 3.63) is 33.2 Å². The van der Waals surface area contributed by atoms with Crippen molar-refractivity contribution in [3.8, 4) is 0 Å². The van der Waals surface area contributed by atoms with Crippen LogP contribution in [0.25, 0.3) is 11.2 Å². The molecule has 2 rings (SSSR count). The monoisotopic (exact) mass is 164 g/mol. The predicted molar refractivity (Wildman–Crippen MR) is 40.8 cm³/mol. The number of hydrogen-bond acceptors (Lipinski definition) is 4. The van der Waals surface area contributed by atoms with Gasteiger partial charge in [0.2, 0.25) is 0 Å². The third-order valence-corrected chi connectivity index (χ3v) is 1.39. The first-order valence-electron chi connectivity index (χ1n) is 3.20. The number of H-pyrrole nitrogens is 2. The molecule has 0 aliphatic carbocycles. The summed E-state index contributed by atoms with van der Waals surface area (Å²) in [5.41, 5.74) is -0.519. The first-order chi connectivity index (χ1) is 5.77. The van der Waals surface area contributed by atoms with Crippen LogP contribution in [0.1, 0.15) is 0 Å². The number of aromatic amines is 2. The van der Waals surface area contributed by atoms with E-state index in [1.165, 1.54) is 6.33 Å². The van der Waals surface area contributed by atoms with E-state index in [9.17, 15) is 9.59 Å². The second kappa shape index (κ2) is 2.26. The third-order valence-electron chi connectivity index (χ3n) is 1.39. The van der Waals surface area contributed by atoms with Crippen molar-refractivity contribution in [2.45, 2.75) is 0 Å². The van der Waals surface area contributed by atoms with Gasteiger partial charge in [0.1, 0.15) is 0 Å². The summed E-state index contributed by atoms with van der Waals surface area (Å²) in [6.45, 7) is 0. The summed E-state index contributed by atoms with van der Waals surface area (Å²) in [5.74, 6) is 0. The summed E-state index contributed by atoms with van der Waals surface area (Å²) >= 11 is 0. The molecular weight excluding hydrogens is 160 g/mol. The van der Waals surface area contributed by atoms with Gasteiger partial charge < -0.3 is 9.97 Å². The van der Waals surface area contributed by atoms with E-state index in [0.717, 1.165) is 6.20 Å². The summed E-state index contributed by atoms with van der Waals surface area (Å²) in [6.07, 6.45) is 2.25. The summed E-state index contributed by atoms with van der Waals surface area (Å²) < 4.78 is 0. The highest BCUT2D eigenvalue weighted by Crippen LogP contribution is 1.92. The van der Waals surface area contributed by atoms with E-state index in [2.05, 4.69) is 19.9 Å². The number of rotatable bonds is 0. The average molecular weight is 164 g/mol. The molecule has 0 unspecified atom stereocenters. The maximum atomic E-state index is 11.1. The van der Waals surface area contributed by atoms with Gasteiger partial charge in [-0.1, -0.05) is 0 Å². The number of hydrogen-bond donors (Lipinski definition) is 2. The molecule has 2 N–H and O–H groups in total. The van der Waals surface area contributed by atoms with Crippen LogP contribution in [0.2, 0.25) is 0 Å². The lowest BCUT2D eigenvalue weighted by Crippen LogP contribution is -2.03. The van der Waals surface area contributed by atoms with Gasteiger partial charge in [-0.25, -0.2) is 9.97 Å². The third kappa shape index (κ3) is 0.895. The maximum absolute atomic E-state index is 11.1. The molecule has 0 atom stereocenters. The highest BCUT2D eigenvalue weighted by atomic mass is 16.1. The van der Waals surface area contributed by atoms with E-state index in [1.54, 1.807) is 0 Å². The minimum Gasteiger partial charge on any atom is -0.339 e. The van der Waals surface area contributed by atoms with Gasteiger partial charge in [0.05, 0.1) is 12.5 Å². The Morgan fingerprint density at radius 1 is 1.25 bits per heavy atom. The maximum Gasteiger partial charge on any atom is 0.297 e. The molecule has 0 radical (unpaired) electrons. The Hall–Kier alpha value is -1.98. The number of nitrogens with zero attached hydrogens (tertiary/aromatic N) is 2. The molecule has 6 heteroatoms. The van der Waals surface area contributed by atoms with E-state index < -0.39 is 11.1 Å². The van der Waals surface area contributed by atoms with Crippen molar-refractivity contribution < 1.29 is 0 Å². The number of fused-ring (bicyclic) bond motifs is 1. The van der Waals surface area contributed by atoms with Crippen molar-refractivity contribution >= 4 is 11.2 Å². The normalized spacial score (nSPS) is 10.3. The van der Waals surface area contributed by atoms with Crippen molar-refractivity contribution in [2.75, 3.05) is 0 Å². The fourth-order valence-electron chi connectivity index (χ4n) is 0.883. The minimum atomic E-state index is -0.499. The Kier molecular flexibility index (Phi) is 1.26. The first kappa shape index (κ1) is 6.71. The Labute approximate surface area is 65.3 Å². The van der Waals surface area contributed by atoms with Crippen LogP contribution in [-0.2, 0) is 0 Å². The predicted octanol–water partition coefficient (Wildman–Crippen LogP) is -0.994.